The summed E-state index contributed by atoms with van der Waals surface area (Å²) in [6, 6.07) is 6.97. The van der Waals surface area contributed by atoms with Crippen molar-refractivity contribution in [2.45, 2.75) is 25.6 Å². The van der Waals surface area contributed by atoms with Crippen LogP contribution >= 0.6 is 0 Å². The third-order valence-corrected chi connectivity index (χ3v) is 2.23. The first kappa shape index (κ1) is 14.5. The lowest BCUT2D eigenvalue weighted by atomic mass is 10.2. The predicted octanol–water partition coefficient (Wildman–Crippen LogP) is 2.69. The summed E-state index contributed by atoms with van der Waals surface area (Å²) < 4.78 is 35.8. The number of hydrogen-bond acceptors (Lipinski definition) is 2. The highest BCUT2D eigenvalue weighted by atomic mass is 19.4. The second-order valence-electron chi connectivity index (χ2n) is 3.89. The Hall–Kier alpha value is -1.56. The van der Waals surface area contributed by atoms with Crippen molar-refractivity contribution >= 4 is 11.6 Å². The maximum Gasteiger partial charge on any atom is 0.389 e. The Morgan fingerprint density at radius 1 is 1.33 bits per heavy atom. The number of carbonyl (C=O) groups is 1. The molecule has 0 aliphatic heterocycles. The minimum atomic E-state index is -4.30. The van der Waals surface area contributed by atoms with Gasteiger partial charge in [0.05, 0.1) is 6.42 Å². The molecule has 0 aliphatic rings. The Balaban J connectivity index is 2.51. The lowest BCUT2D eigenvalue weighted by molar-refractivity contribution is -0.142. The molecule has 0 aliphatic carbocycles. The van der Waals surface area contributed by atoms with Crippen LogP contribution in [-0.2, 0) is 11.3 Å². The summed E-state index contributed by atoms with van der Waals surface area (Å²) in [5, 5.41) is 5.39. The minimum Gasteiger partial charge on any atom is -0.326 e. The molecule has 1 aromatic rings. The topological polar surface area (TPSA) is 41.1 Å². The van der Waals surface area contributed by atoms with Gasteiger partial charge in [-0.15, -0.1) is 0 Å². The number of anilines is 1. The van der Waals surface area contributed by atoms with Crippen molar-refractivity contribution in [1.82, 2.24) is 5.32 Å². The number of amides is 1. The minimum absolute atomic E-state index is 0.509. The lowest BCUT2D eigenvalue weighted by Gasteiger charge is -2.08. The Kier molecular flexibility index (Phi) is 5.15. The molecule has 18 heavy (non-hydrogen) atoms. The highest BCUT2D eigenvalue weighted by Gasteiger charge is 2.27. The number of hydrogen-bond donors (Lipinski definition) is 2. The smallest absolute Gasteiger partial charge is 0.326 e. The van der Waals surface area contributed by atoms with E-state index in [-0.39, 0.29) is 0 Å². The van der Waals surface area contributed by atoms with Gasteiger partial charge in [0.25, 0.3) is 0 Å². The van der Waals surface area contributed by atoms with Crippen molar-refractivity contribution in [1.29, 1.82) is 0 Å². The van der Waals surface area contributed by atoms with E-state index in [1.807, 2.05) is 6.07 Å². The molecule has 6 heteroatoms. The summed E-state index contributed by atoms with van der Waals surface area (Å²) in [6.45, 7) is 0.631. The van der Waals surface area contributed by atoms with E-state index in [0.717, 1.165) is 5.56 Å². The highest BCUT2D eigenvalue weighted by Crippen LogP contribution is 2.21. The van der Waals surface area contributed by atoms with Gasteiger partial charge in [-0.2, -0.15) is 13.2 Å². The molecule has 100 valence electrons. The van der Waals surface area contributed by atoms with Crippen molar-refractivity contribution in [3.63, 3.8) is 0 Å². The average molecular weight is 260 g/mol. The molecule has 1 rings (SSSR count). The molecular weight excluding hydrogens is 245 g/mol. The number of rotatable bonds is 5. The Labute approximate surface area is 103 Å². The van der Waals surface area contributed by atoms with Crippen molar-refractivity contribution in [2.24, 2.45) is 0 Å². The summed E-state index contributed by atoms with van der Waals surface area (Å²) in [6.07, 6.45) is -5.96. The van der Waals surface area contributed by atoms with Gasteiger partial charge in [-0.05, 0) is 24.7 Å². The second kappa shape index (κ2) is 6.39. The van der Waals surface area contributed by atoms with E-state index < -0.39 is 24.9 Å². The first-order valence-corrected chi connectivity index (χ1v) is 5.51. The Morgan fingerprint density at radius 3 is 2.67 bits per heavy atom. The molecule has 0 saturated carbocycles. The molecule has 2 N–H and O–H groups in total. The molecule has 0 bridgehead atoms. The number of halogens is 3. The Morgan fingerprint density at radius 2 is 2.06 bits per heavy atom. The van der Waals surface area contributed by atoms with Crippen LogP contribution in [0.25, 0.3) is 0 Å². The third-order valence-electron chi connectivity index (χ3n) is 2.23. The molecule has 0 spiro atoms. The van der Waals surface area contributed by atoms with Crippen molar-refractivity contribution in [2.75, 3.05) is 12.4 Å². The first-order chi connectivity index (χ1) is 8.40. The van der Waals surface area contributed by atoms with Gasteiger partial charge in [0, 0.05) is 18.7 Å². The van der Waals surface area contributed by atoms with E-state index >= 15 is 0 Å². The number of nitrogens with one attached hydrogen (secondary N) is 2. The van der Waals surface area contributed by atoms with Crippen LogP contribution in [0.2, 0.25) is 0 Å². The van der Waals surface area contributed by atoms with Gasteiger partial charge in [0.15, 0.2) is 0 Å². The molecule has 0 radical (unpaired) electrons. The standard InChI is InChI=1S/C12H15F3N2O/c1-16-8-9-3-2-4-10(7-9)17-11(18)5-6-12(13,14)15/h2-4,7,16H,5-6,8H2,1H3,(H,17,18). The van der Waals surface area contributed by atoms with Crippen LogP contribution in [-0.4, -0.2) is 19.1 Å². The van der Waals surface area contributed by atoms with Gasteiger partial charge in [-0.25, -0.2) is 0 Å². The van der Waals surface area contributed by atoms with Gasteiger partial charge in [-0.3, -0.25) is 4.79 Å². The van der Waals surface area contributed by atoms with Crippen molar-refractivity contribution < 1.29 is 18.0 Å². The first-order valence-electron chi connectivity index (χ1n) is 5.51. The van der Waals surface area contributed by atoms with Crippen LogP contribution in [0, 0.1) is 0 Å². The Bertz CT molecular complexity index is 405. The predicted molar refractivity (Wildman–Crippen MR) is 63.1 cm³/mol. The van der Waals surface area contributed by atoms with Crippen LogP contribution in [0.15, 0.2) is 24.3 Å². The van der Waals surface area contributed by atoms with E-state index in [1.54, 1.807) is 25.2 Å². The molecule has 0 atom stereocenters. The van der Waals surface area contributed by atoms with Gasteiger partial charge < -0.3 is 10.6 Å². The number of carbonyl (C=O) groups excluding carboxylic acids is 1. The SMILES string of the molecule is CNCc1cccc(NC(=O)CCC(F)(F)F)c1. The normalized spacial score (nSPS) is 11.3. The zero-order chi connectivity index (χ0) is 13.6. The van der Waals surface area contributed by atoms with Gasteiger partial charge in [0.1, 0.15) is 0 Å². The number of alkyl halides is 3. The van der Waals surface area contributed by atoms with E-state index in [4.69, 9.17) is 0 Å². The van der Waals surface area contributed by atoms with E-state index in [0.29, 0.717) is 12.2 Å². The summed E-state index contributed by atoms with van der Waals surface area (Å²) >= 11 is 0. The maximum atomic E-state index is 11.9. The van der Waals surface area contributed by atoms with E-state index in [2.05, 4.69) is 10.6 Å². The average Bonchev–Trinajstić information content (AvgIpc) is 2.26. The fraction of sp³-hybridized carbons (Fsp3) is 0.417. The lowest BCUT2D eigenvalue weighted by Crippen LogP contribution is -2.16. The molecular formula is C12H15F3N2O. The fourth-order valence-electron chi connectivity index (χ4n) is 1.44. The fourth-order valence-corrected chi connectivity index (χ4v) is 1.44. The monoisotopic (exact) mass is 260 g/mol. The van der Waals surface area contributed by atoms with Crippen LogP contribution in [0.3, 0.4) is 0 Å². The molecule has 0 unspecified atom stereocenters. The molecule has 0 fully saturated rings. The number of benzene rings is 1. The van der Waals surface area contributed by atoms with E-state index in [1.165, 1.54) is 0 Å². The van der Waals surface area contributed by atoms with E-state index in [9.17, 15) is 18.0 Å². The summed E-state index contributed by atoms with van der Waals surface area (Å²) in [5.41, 5.74) is 1.46. The molecule has 0 saturated heterocycles. The highest BCUT2D eigenvalue weighted by molar-refractivity contribution is 5.90. The zero-order valence-corrected chi connectivity index (χ0v) is 9.97. The zero-order valence-electron chi connectivity index (χ0n) is 9.97. The van der Waals surface area contributed by atoms with Crippen LogP contribution in [0.5, 0.6) is 0 Å². The quantitative estimate of drug-likeness (QED) is 0.854. The van der Waals surface area contributed by atoms with Gasteiger partial charge >= 0.3 is 6.18 Å². The summed E-state index contributed by atoms with van der Waals surface area (Å²) in [4.78, 5) is 11.3. The van der Waals surface area contributed by atoms with Crippen molar-refractivity contribution in [3.05, 3.63) is 29.8 Å². The molecule has 1 amide bonds. The van der Waals surface area contributed by atoms with Gasteiger partial charge in [-0.1, -0.05) is 12.1 Å². The largest absolute Gasteiger partial charge is 0.389 e. The molecule has 0 heterocycles. The molecule has 3 nitrogen and oxygen atoms in total. The van der Waals surface area contributed by atoms with Crippen LogP contribution in [0.4, 0.5) is 18.9 Å². The van der Waals surface area contributed by atoms with Crippen molar-refractivity contribution in [3.8, 4) is 0 Å². The summed E-state index contributed by atoms with van der Waals surface area (Å²) in [7, 11) is 1.79. The second-order valence-corrected chi connectivity index (χ2v) is 3.89. The molecule has 1 aromatic carbocycles. The summed E-state index contributed by atoms with van der Waals surface area (Å²) in [5.74, 6) is -0.631. The maximum absolute atomic E-state index is 11.9. The van der Waals surface area contributed by atoms with Crippen LogP contribution < -0.4 is 10.6 Å². The molecule has 0 aromatic heterocycles. The van der Waals surface area contributed by atoms with Crippen LogP contribution in [0.1, 0.15) is 18.4 Å². The third kappa shape index (κ3) is 5.67. The van der Waals surface area contributed by atoms with Gasteiger partial charge in [0.2, 0.25) is 5.91 Å².